The van der Waals surface area contributed by atoms with Crippen LogP contribution in [0.15, 0.2) is 36.4 Å². The van der Waals surface area contributed by atoms with Gasteiger partial charge in [0.1, 0.15) is 4.88 Å². The molecule has 0 unspecified atom stereocenters. The summed E-state index contributed by atoms with van der Waals surface area (Å²) in [6.07, 6.45) is 3.10. The second-order valence-corrected chi connectivity index (χ2v) is 7.91. The fourth-order valence-corrected chi connectivity index (χ4v) is 4.25. The zero-order valence-corrected chi connectivity index (χ0v) is 15.2. The average molecular weight is 374 g/mol. The van der Waals surface area contributed by atoms with E-state index in [2.05, 4.69) is 16.4 Å². The van der Waals surface area contributed by atoms with Gasteiger partial charge in [-0.25, -0.2) is 9.78 Å². The Morgan fingerprint density at radius 3 is 2.68 bits per heavy atom. The summed E-state index contributed by atoms with van der Waals surface area (Å²) in [7, 11) is 0. The number of carboxylic acid groups (broad SMARTS) is 1. The zero-order valence-electron chi connectivity index (χ0n) is 13.5. The molecule has 3 rings (SSSR count). The van der Waals surface area contributed by atoms with Crippen LogP contribution in [0.3, 0.4) is 0 Å². The third-order valence-corrected chi connectivity index (χ3v) is 5.88. The fourth-order valence-electron chi connectivity index (χ4n) is 2.45. The number of thiophene rings is 1. The number of nitrogens with one attached hydrogen (secondary N) is 1. The maximum absolute atomic E-state index is 11.9. The van der Waals surface area contributed by atoms with Gasteiger partial charge < -0.3 is 10.4 Å². The number of aromatic carboxylic acids is 1. The number of carbonyl (C=O) groups excluding carboxylic acids is 1. The third-order valence-electron chi connectivity index (χ3n) is 3.71. The van der Waals surface area contributed by atoms with Crippen molar-refractivity contribution in [2.45, 2.75) is 32.2 Å². The van der Waals surface area contributed by atoms with Crippen molar-refractivity contribution in [3.8, 4) is 0 Å². The van der Waals surface area contributed by atoms with Crippen molar-refractivity contribution in [1.82, 2.24) is 10.3 Å². The maximum Gasteiger partial charge on any atom is 0.345 e. The molecule has 25 heavy (non-hydrogen) atoms. The third kappa shape index (κ3) is 4.87. The summed E-state index contributed by atoms with van der Waals surface area (Å²) >= 11 is 2.90. The molecule has 1 amide bonds. The van der Waals surface area contributed by atoms with Gasteiger partial charge in [-0.15, -0.1) is 22.7 Å². The van der Waals surface area contributed by atoms with Crippen molar-refractivity contribution < 1.29 is 14.7 Å². The predicted octanol–water partition coefficient (Wildman–Crippen LogP) is 4.09. The molecule has 130 valence electrons. The van der Waals surface area contributed by atoms with Gasteiger partial charge in [0.05, 0.1) is 21.8 Å². The highest BCUT2D eigenvalue weighted by Gasteiger charge is 2.08. The Morgan fingerprint density at radius 1 is 1.08 bits per heavy atom. The summed E-state index contributed by atoms with van der Waals surface area (Å²) in [5, 5.41) is 12.8. The minimum Gasteiger partial charge on any atom is -0.477 e. The number of benzene rings is 1. The van der Waals surface area contributed by atoms with Crippen LogP contribution in [0, 0.1) is 0 Å². The SMILES string of the molecule is O=C(CCCCc1nc2ccccc2s1)NCc1ccc(C(=O)O)s1. The van der Waals surface area contributed by atoms with Gasteiger partial charge in [0, 0.05) is 11.3 Å². The van der Waals surface area contributed by atoms with Gasteiger partial charge in [0.15, 0.2) is 0 Å². The van der Waals surface area contributed by atoms with Crippen molar-refractivity contribution in [2.24, 2.45) is 0 Å². The first-order chi connectivity index (χ1) is 12.1. The van der Waals surface area contributed by atoms with E-state index < -0.39 is 5.97 Å². The molecule has 0 atom stereocenters. The second-order valence-electron chi connectivity index (χ2n) is 5.63. The molecular formula is C18H18N2O3S2. The van der Waals surface area contributed by atoms with Crippen LogP contribution in [0.25, 0.3) is 10.2 Å². The number of para-hydroxylation sites is 1. The number of hydrogen-bond donors (Lipinski definition) is 2. The molecule has 2 N–H and O–H groups in total. The summed E-state index contributed by atoms with van der Waals surface area (Å²) < 4.78 is 1.20. The summed E-state index contributed by atoms with van der Waals surface area (Å²) in [6.45, 7) is 0.384. The van der Waals surface area contributed by atoms with Gasteiger partial charge in [0.2, 0.25) is 5.91 Å². The van der Waals surface area contributed by atoms with Crippen LogP contribution in [0.5, 0.6) is 0 Å². The summed E-state index contributed by atoms with van der Waals surface area (Å²) in [5.41, 5.74) is 1.04. The topological polar surface area (TPSA) is 79.3 Å². The van der Waals surface area contributed by atoms with Crippen LogP contribution in [-0.2, 0) is 17.8 Å². The van der Waals surface area contributed by atoms with E-state index in [1.54, 1.807) is 23.5 Å². The number of thiazole rings is 1. The summed E-state index contributed by atoms with van der Waals surface area (Å²) in [4.78, 5) is 28.4. The lowest BCUT2D eigenvalue weighted by molar-refractivity contribution is -0.121. The van der Waals surface area contributed by atoms with E-state index in [0.717, 1.165) is 34.7 Å². The number of unbranched alkanes of at least 4 members (excludes halogenated alkanes) is 1. The first-order valence-corrected chi connectivity index (χ1v) is 9.68. The highest BCUT2D eigenvalue weighted by atomic mass is 32.1. The molecule has 5 nitrogen and oxygen atoms in total. The number of carboxylic acids is 1. The van der Waals surface area contributed by atoms with Crippen LogP contribution >= 0.6 is 22.7 Å². The Bertz CT molecular complexity index is 852. The molecule has 2 heterocycles. The van der Waals surface area contributed by atoms with Crippen LogP contribution in [0.2, 0.25) is 0 Å². The smallest absolute Gasteiger partial charge is 0.345 e. The first-order valence-electron chi connectivity index (χ1n) is 8.05. The highest BCUT2D eigenvalue weighted by molar-refractivity contribution is 7.18. The first kappa shape index (κ1) is 17.6. The number of amides is 1. The number of carbonyl (C=O) groups is 2. The molecule has 0 bridgehead atoms. The minimum absolute atomic E-state index is 0.00502. The van der Waals surface area contributed by atoms with Gasteiger partial charge in [-0.2, -0.15) is 0 Å². The van der Waals surface area contributed by atoms with Gasteiger partial charge in [-0.05, 0) is 43.5 Å². The molecule has 0 spiro atoms. The van der Waals surface area contributed by atoms with Crippen LogP contribution < -0.4 is 5.32 Å². The van der Waals surface area contributed by atoms with E-state index in [1.807, 2.05) is 18.2 Å². The van der Waals surface area contributed by atoms with E-state index in [-0.39, 0.29) is 5.91 Å². The second kappa shape index (κ2) is 8.22. The number of rotatable bonds is 8. The molecule has 0 saturated heterocycles. The Kier molecular flexibility index (Phi) is 5.78. The fraction of sp³-hybridized carbons (Fsp3) is 0.278. The van der Waals surface area contributed by atoms with Crippen molar-refractivity contribution in [1.29, 1.82) is 0 Å². The van der Waals surface area contributed by atoms with Crippen LogP contribution in [0.1, 0.15) is 38.8 Å². The van der Waals surface area contributed by atoms with Crippen molar-refractivity contribution in [3.63, 3.8) is 0 Å². The lowest BCUT2D eigenvalue weighted by atomic mass is 10.2. The Hall–Kier alpha value is -2.25. The maximum atomic E-state index is 11.9. The number of fused-ring (bicyclic) bond motifs is 1. The van der Waals surface area contributed by atoms with E-state index in [4.69, 9.17) is 5.11 Å². The number of nitrogens with zero attached hydrogens (tertiary/aromatic N) is 1. The van der Waals surface area contributed by atoms with Crippen molar-refractivity contribution in [2.75, 3.05) is 0 Å². The van der Waals surface area contributed by atoms with Crippen molar-refractivity contribution >= 4 is 44.8 Å². The Balaban J connectivity index is 1.36. The molecule has 3 aromatic rings. The molecule has 0 saturated carbocycles. The van der Waals surface area contributed by atoms with Gasteiger partial charge in [0.25, 0.3) is 0 Å². The standard InChI is InChI=1S/C18H18N2O3S2/c21-16(19-11-12-9-10-15(24-12)18(22)23)7-3-4-8-17-20-13-5-1-2-6-14(13)25-17/h1-2,5-6,9-10H,3-4,7-8,11H2,(H,19,21)(H,22,23). The zero-order chi connectivity index (χ0) is 17.6. The van der Waals surface area contributed by atoms with Crippen LogP contribution in [0.4, 0.5) is 0 Å². The molecule has 7 heteroatoms. The number of hydrogen-bond acceptors (Lipinski definition) is 5. The van der Waals surface area contributed by atoms with Crippen LogP contribution in [-0.4, -0.2) is 22.0 Å². The van der Waals surface area contributed by atoms with Gasteiger partial charge >= 0.3 is 5.97 Å². The number of aromatic nitrogens is 1. The molecule has 0 radical (unpaired) electrons. The van der Waals surface area contributed by atoms with Gasteiger partial charge in [-0.1, -0.05) is 12.1 Å². The molecule has 1 aromatic carbocycles. The average Bonchev–Trinajstić information content (AvgIpc) is 3.23. The Morgan fingerprint density at radius 2 is 1.92 bits per heavy atom. The van der Waals surface area contributed by atoms with E-state index in [1.165, 1.54) is 16.0 Å². The quantitative estimate of drug-likeness (QED) is 0.582. The monoisotopic (exact) mass is 374 g/mol. The summed E-state index contributed by atoms with van der Waals surface area (Å²) in [6, 6.07) is 11.4. The lowest BCUT2D eigenvalue weighted by Crippen LogP contribution is -2.21. The summed E-state index contributed by atoms with van der Waals surface area (Å²) in [5.74, 6) is -0.938. The van der Waals surface area contributed by atoms with Crippen molar-refractivity contribution in [3.05, 3.63) is 51.2 Å². The molecule has 0 aliphatic heterocycles. The molecular weight excluding hydrogens is 356 g/mol. The van der Waals surface area contributed by atoms with E-state index >= 15 is 0 Å². The minimum atomic E-state index is -0.933. The largest absolute Gasteiger partial charge is 0.477 e. The Labute approximate surface area is 153 Å². The van der Waals surface area contributed by atoms with Gasteiger partial charge in [-0.3, -0.25) is 4.79 Å². The molecule has 0 fully saturated rings. The molecule has 0 aliphatic rings. The molecule has 0 aliphatic carbocycles. The number of aryl methyl sites for hydroxylation is 1. The van der Waals surface area contributed by atoms with E-state index in [9.17, 15) is 9.59 Å². The molecule has 2 aromatic heterocycles. The highest BCUT2D eigenvalue weighted by Crippen LogP contribution is 2.23. The normalized spacial score (nSPS) is 10.9. The lowest BCUT2D eigenvalue weighted by Gasteiger charge is -2.03. The predicted molar refractivity (Wildman–Crippen MR) is 100 cm³/mol. The van der Waals surface area contributed by atoms with E-state index in [0.29, 0.717) is 17.8 Å².